The van der Waals surface area contributed by atoms with Crippen LogP contribution in [0.1, 0.15) is 140 Å². The van der Waals surface area contributed by atoms with E-state index in [1.165, 1.54) is 82.4 Å². The van der Waals surface area contributed by atoms with Gasteiger partial charge in [-0.3, -0.25) is 91.3 Å². The molecule has 732 valence electrons. The number of hydrogen-bond donors (Lipinski definition) is 19. The Morgan fingerprint density at radius 3 is 1.50 bits per heavy atom. The third-order valence-corrected chi connectivity index (χ3v) is 24.1. The van der Waals surface area contributed by atoms with E-state index in [0.717, 1.165) is 16.0 Å². The number of aromatic amines is 1. The molecule has 0 spiro atoms. The number of aliphatic hydroxyl groups is 1. The molecule has 17 amide bonds. The SMILES string of the molecule is CC(C)C[C@@H]1NC(=O)[C@H](Cc2c[nH]c3ccccc23)NC(=O)[C@H](CC(=O)O)NC(=O)[C@H](Cc2ccc(C(=O)O)cc2)NC(=O)[C@H](Cc2cccnc2)NC(=O)CSC[C@@H](C(=O)N[C@@H](C)C(N)=O)NC(=O)[C@H](CO)NC(=O)[C@H](C(C)C)NC(=O)[C@H](CC(C)C)NC(=O)[C@H](CC(N)=O)NC(=O)[C@H]2CCCN2C(=O)[C@H](C)N(C)C(=O)[C@H](C(C)C)NC(=O)[C@H](Cc2ccc(-c3ccccc3)cc2)NC1=O. The van der Waals surface area contributed by atoms with Crippen LogP contribution in [-0.4, -0.2) is 270 Å². The van der Waals surface area contributed by atoms with E-state index in [1.54, 1.807) is 102 Å². The number of hydrogen-bond acceptors (Lipinski definition) is 22. The van der Waals surface area contributed by atoms with Gasteiger partial charge in [0.2, 0.25) is 100 Å². The number of aromatic nitrogens is 2. The molecule has 0 saturated carbocycles. The molecule has 0 aliphatic carbocycles. The summed E-state index contributed by atoms with van der Waals surface area (Å²) in [7, 11) is 1.30. The Morgan fingerprint density at radius 1 is 0.493 bits per heavy atom. The van der Waals surface area contributed by atoms with E-state index in [4.69, 9.17) is 11.5 Å². The van der Waals surface area contributed by atoms with Crippen molar-refractivity contribution in [2.24, 2.45) is 35.1 Å². The van der Waals surface area contributed by atoms with Gasteiger partial charge < -0.3 is 111 Å². The zero-order valence-corrected chi connectivity index (χ0v) is 78.4. The van der Waals surface area contributed by atoms with Gasteiger partial charge in [-0.05, 0) is 121 Å². The summed E-state index contributed by atoms with van der Waals surface area (Å²) in [6, 6.07) is 6.80. The highest BCUT2D eigenvalue weighted by Crippen LogP contribution is 2.26. The summed E-state index contributed by atoms with van der Waals surface area (Å²) < 4.78 is 0. The van der Waals surface area contributed by atoms with Crippen LogP contribution in [-0.2, 0) is 112 Å². The highest BCUT2D eigenvalue weighted by Gasteiger charge is 2.44. The molecule has 2 aliphatic heterocycles. The second kappa shape index (κ2) is 50.8. The summed E-state index contributed by atoms with van der Waals surface area (Å²) in [5.74, 6) is -24.1. The summed E-state index contributed by atoms with van der Waals surface area (Å²) in [5, 5.41) is 65.0. The zero-order valence-electron chi connectivity index (χ0n) is 77.6. The maximum atomic E-state index is 15.5. The van der Waals surface area contributed by atoms with E-state index < -0.39 is 258 Å². The standard InChI is InChI=1S/C94H123N19O22S/c1-48(2)35-63-80(120)104-67(38-54-25-29-58(30-26-54)57-20-13-12-14-21-57)87(127)111-78(51(7)8)93(133)112(11)53(10)92(132)113-34-18-24-73(113)90(130)107-69(41-74(95)115)84(124)102-64(36-49(3)4)86(126)110-77(50(5)6)91(131)108-71(45-114)88(128)109-72(89(129)99-52(9)79(96)119)46-136-47-75(116)100-65(39-56-19-17-33-97-43-56)81(121)103-66(37-55-27-31-59(32-28-55)94(134)135)82(122)106-70(42-76(117)118)85(125)105-68(83(123)101-63)40-60-44-98-62-23-16-15-22-61(60)62/h12-17,19-23,25-33,43-44,48-53,63-73,77-78,98,114H,18,24,34-42,45-47H2,1-11H3,(H2,95,115)(H2,96,119)(H,99,129)(H,100,116)(H,101,123)(H,102,124)(H,103,121)(H,104,120)(H,105,125)(H,106,122)(H,107,130)(H,108,131)(H,109,128)(H,110,126)(H,111,127)(H,117,118)(H,134,135)/t52-,53-,63-,64-,65-,66-,67-,68-,69-,70-,71-,72-,73+,77-,78-/m0/s1. The zero-order chi connectivity index (χ0) is 100. The van der Waals surface area contributed by atoms with Gasteiger partial charge in [0.1, 0.15) is 90.6 Å². The number of H-pyrrole nitrogens is 1. The van der Waals surface area contributed by atoms with Crippen LogP contribution in [0.3, 0.4) is 0 Å². The molecule has 6 aromatic rings. The van der Waals surface area contributed by atoms with Gasteiger partial charge >= 0.3 is 11.9 Å². The Bertz CT molecular complexity index is 5300. The lowest BCUT2D eigenvalue weighted by Crippen LogP contribution is -2.62. The summed E-state index contributed by atoms with van der Waals surface area (Å²) in [6.07, 6.45) is 0.771. The number of fused-ring (bicyclic) bond motifs is 2. The number of pyridine rings is 1. The van der Waals surface area contributed by atoms with Gasteiger partial charge in [0.15, 0.2) is 0 Å². The molecular weight excluding hydrogens is 1780 g/mol. The number of carboxylic acids is 2. The van der Waals surface area contributed by atoms with Crippen LogP contribution in [0.25, 0.3) is 22.0 Å². The van der Waals surface area contributed by atoms with E-state index >= 15 is 33.6 Å². The van der Waals surface area contributed by atoms with Crippen LogP contribution < -0.4 is 80.6 Å². The van der Waals surface area contributed by atoms with Crippen LogP contribution in [0, 0.1) is 23.7 Å². The van der Waals surface area contributed by atoms with Crippen molar-refractivity contribution in [3.63, 3.8) is 0 Å². The number of carbonyl (C=O) groups excluding carboxylic acids is 17. The second-order valence-electron chi connectivity index (χ2n) is 35.4. The number of thioether (sulfide) groups is 1. The number of amides is 17. The molecule has 2 aromatic heterocycles. The lowest BCUT2D eigenvalue weighted by atomic mass is 9.97. The number of aliphatic carboxylic acids is 1. The molecule has 42 heteroatoms. The first-order chi connectivity index (χ1) is 64.4. The number of nitrogens with two attached hydrogens (primary N) is 2. The molecule has 41 nitrogen and oxygen atoms in total. The molecule has 2 saturated heterocycles. The van der Waals surface area contributed by atoms with Crippen LogP contribution in [0.5, 0.6) is 0 Å². The fourth-order valence-electron chi connectivity index (χ4n) is 15.4. The first-order valence-electron chi connectivity index (χ1n) is 44.8. The van der Waals surface area contributed by atoms with Crippen molar-refractivity contribution in [1.82, 2.24) is 88.9 Å². The van der Waals surface area contributed by atoms with E-state index in [9.17, 15) is 72.9 Å². The molecule has 136 heavy (non-hydrogen) atoms. The Balaban J connectivity index is 1.20. The lowest BCUT2D eigenvalue weighted by molar-refractivity contribution is -0.148. The second-order valence-corrected chi connectivity index (χ2v) is 36.4. The molecular formula is C94H123N19O22S. The maximum Gasteiger partial charge on any atom is 0.335 e. The summed E-state index contributed by atoms with van der Waals surface area (Å²) >= 11 is 0.674. The van der Waals surface area contributed by atoms with Crippen LogP contribution in [0.2, 0.25) is 0 Å². The third kappa shape index (κ3) is 31.5. The average molecular weight is 1900 g/mol. The van der Waals surface area contributed by atoms with E-state index in [0.29, 0.717) is 39.4 Å². The van der Waals surface area contributed by atoms with E-state index in [-0.39, 0.29) is 68.5 Å². The number of likely N-dealkylation sites (N-methyl/N-ethyl adjacent to an activating group) is 1. The molecule has 2 fully saturated rings. The molecule has 8 rings (SSSR count). The molecule has 0 bridgehead atoms. The minimum atomic E-state index is -2.11. The topological polar surface area (TPSA) is 629 Å². The number of benzene rings is 4. The minimum Gasteiger partial charge on any atom is -0.481 e. The molecule has 4 aromatic carbocycles. The van der Waals surface area contributed by atoms with Crippen LogP contribution in [0.15, 0.2) is 134 Å². The normalized spacial score (nSPS) is 23.7. The van der Waals surface area contributed by atoms with Crippen molar-refractivity contribution in [2.75, 3.05) is 31.7 Å². The summed E-state index contributed by atoms with van der Waals surface area (Å²) in [4.78, 5) is 282. The number of para-hydroxylation sites is 1. The first-order valence-corrected chi connectivity index (χ1v) is 46.0. The fraction of sp³-hybridized carbons (Fsp3) is 0.468. The van der Waals surface area contributed by atoms with Crippen LogP contribution >= 0.6 is 11.8 Å². The number of carboxylic acid groups (broad SMARTS) is 2. The van der Waals surface area contributed by atoms with Crippen LogP contribution in [0.4, 0.5) is 0 Å². The number of aliphatic hydroxyl groups excluding tert-OH is 1. The van der Waals surface area contributed by atoms with Gasteiger partial charge in [0, 0.05) is 74.5 Å². The van der Waals surface area contributed by atoms with Gasteiger partial charge in [-0.1, -0.05) is 146 Å². The third-order valence-electron chi connectivity index (χ3n) is 23.0. The number of aromatic carboxylic acids is 1. The molecule has 0 radical (unpaired) electrons. The highest BCUT2D eigenvalue weighted by molar-refractivity contribution is 8.00. The molecule has 4 heterocycles. The minimum absolute atomic E-state index is 0.0122. The van der Waals surface area contributed by atoms with Gasteiger partial charge in [-0.25, -0.2) is 4.79 Å². The number of nitrogens with zero attached hydrogens (tertiary/aromatic N) is 3. The predicted molar refractivity (Wildman–Crippen MR) is 499 cm³/mol. The largest absolute Gasteiger partial charge is 0.481 e. The number of rotatable bonds is 24. The van der Waals surface area contributed by atoms with Crippen molar-refractivity contribution in [1.29, 1.82) is 0 Å². The van der Waals surface area contributed by atoms with Gasteiger partial charge in [-0.15, -0.1) is 11.8 Å². The quantitative estimate of drug-likeness (QED) is 0.0358. The van der Waals surface area contributed by atoms with Gasteiger partial charge in [0.05, 0.1) is 30.8 Å². The van der Waals surface area contributed by atoms with E-state index in [1.807, 2.05) is 30.3 Å². The molecule has 0 unspecified atom stereocenters. The van der Waals surface area contributed by atoms with Gasteiger partial charge in [0.25, 0.3) is 0 Å². The Labute approximate surface area is 790 Å². The Kier molecular flexibility index (Phi) is 40.0. The molecule has 2 aliphatic rings. The first kappa shape index (κ1) is 107. The smallest absolute Gasteiger partial charge is 0.335 e. The van der Waals surface area contributed by atoms with Crippen molar-refractivity contribution >= 4 is 135 Å². The number of nitrogens with one attached hydrogen (secondary N) is 14. The maximum absolute atomic E-state index is 15.5. The number of carbonyl (C=O) groups is 19. The monoisotopic (exact) mass is 1900 g/mol. The highest BCUT2D eigenvalue weighted by atomic mass is 32.2. The van der Waals surface area contributed by atoms with E-state index in [2.05, 4.69) is 79.1 Å². The Morgan fingerprint density at radius 2 is 0.963 bits per heavy atom. The van der Waals surface area contributed by atoms with Crippen molar-refractivity contribution in [3.05, 3.63) is 162 Å². The molecule has 15 atom stereocenters. The van der Waals surface area contributed by atoms with Crippen molar-refractivity contribution < 1.29 is 106 Å². The predicted octanol–water partition coefficient (Wildman–Crippen LogP) is -0.662. The average Bonchev–Trinajstić information content (AvgIpc) is 1.60. The summed E-state index contributed by atoms with van der Waals surface area (Å²) in [5.41, 5.74) is 14.7. The van der Waals surface area contributed by atoms with Crippen molar-refractivity contribution in [3.8, 4) is 11.1 Å². The summed E-state index contributed by atoms with van der Waals surface area (Å²) in [6.45, 7) is 14.5. The van der Waals surface area contributed by atoms with Crippen molar-refractivity contribution in [2.45, 2.75) is 224 Å². The number of primary amides is 2. The molecule has 21 N–H and O–H groups in total. The Hall–Kier alpha value is -14.2. The lowest BCUT2D eigenvalue weighted by Gasteiger charge is -2.34. The fourth-order valence-corrected chi connectivity index (χ4v) is 16.3. The van der Waals surface area contributed by atoms with Gasteiger partial charge in [-0.2, -0.15) is 0 Å².